The van der Waals surface area contributed by atoms with Gasteiger partial charge in [0, 0.05) is 22.8 Å². The second-order valence-corrected chi connectivity index (χ2v) is 4.92. The van der Waals surface area contributed by atoms with Gasteiger partial charge in [0.1, 0.15) is 5.82 Å². The maximum atomic E-state index is 11.7. The zero-order valence-electron chi connectivity index (χ0n) is 10.7. The number of nitro benzene ring substituents is 1. The molecule has 6 nitrogen and oxygen atoms in total. The number of benzene rings is 1. The monoisotopic (exact) mass is 347 g/mol. The highest BCUT2D eigenvalue weighted by atomic mass is 79.9. The van der Waals surface area contributed by atoms with Crippen molar-refractivity contribution in [2.45, 2.75) is 0 Å². The number of hydrogen-bond acceptors (Lipinski definition) is 4. The highest BCUT2D eigenvalue weighted by Gasteiger charge is 2.09. The van der Waals surface area contributed by atoms with Gasteiger partial charge < -0.3 is 5.32 Å². The average molecular weight is 348 g/mol. The molecule has 1 amide bonds. The van der Waals surface area contributed by atoms with E-state index in [1.54, 1.807) is 36.5 Å². The molecule has 21 heavy (non-hydrogen) atoms. The topological polar surface area (TPSA) is 85.1 Å². The molecule has 0 saturated carbocycles. The van der Waals surface area contributed by atoms with Crippen molar-refractivity contribution >= 4 is 39.4 Å². The Kier molecular flexibility index (Phi) is 4.78. The summed E-state index contributed by atoms with van der Waals surface area (Å²) in [4.78, 5) is 26.1. The fourth-order valence-corrected chi connectivity index (χ4v) is 1.81. The molecule has 0 fully saturated rings. The standard InChI is InChI=1S/C14H10BrN3O3/c15-11-6-7-13(16-9-11)17-14(19)8-5-10-3-1-2-4-12(10)18(20)21/h1-9H,(H,16,17,19). The number of para-hydroxylation sites is 1. The molecule has 0 bridgehead atoms. The largest absolute Gasteiger partial charge is 0.307 e. The summed E-state index contributed by atoms with van der Waals surface area (Å²) in [6, 6.07) is 9.57. The summed E-state index contributed by atoms with van der Waals surface area (Å²) < 4.78 is 0.802. The van der Waals surface area contributed by atoms with Crippen LogP contribution in [0.15, 0.2) is 53.1 Å². The van der Waals surface area contributed by atoms with E-state index in [9.17, 15) is 14.9 Å². The van der Waals surface area contributed by atoms with E-state index in [4.69, 9.17) is 0 Å². The number of anilines is 1. The normalized spacial score (nSPS) is 10.5. The van der Waals surface area contributed by atoms with Gasteiger partial charge in [0.15, 0.2) is 0 Å². The summed E-state index contributed by atoms with van der Waals surface area (Å²) in [6.07, 6.45) is 4.18. The van der Waals surface area contributed by atoms with Crippen molar-refractivity contribution in [1.29, 1.82) is 0 Å². The van der Waals surface area contributed by atoms with Gasteiger partial charge in [0.2, 0.25) is 5.91 Å². The van der Waals surface area contributed by atoms with Crippen LogP contribution < -0.4 is 5.32 Å². The van der Waals surface area contributed by atoms with E-state index in [1.165, 1.54) is 18.2 Å². The molecule has 0 aliphatic rings. The van der Waals surface area contributed by atoms with Gasteiger partial charge in [-0.1, -0.05) is 12.1 Å². The molecule has 0 unspecified atom stereocenters. The fourth-order valence-electron chi connectivity index (χ4n) is 1.58. The van der Waals surface area contributed by atoms with E-state index < -0.39 is 10.8 Å². The molecule has 1 heterocycles. The molecule has 7 heteroatoms. The molecule has 1 aromatic carbocycles. The highest BCUT2D eigenvalue weighted by Crippen LogP contribution is 2.19. The Balaban J connectivity index is 2.09. The van der Waals surface area contributed by atoms with Crippen LogP contribution in [0, 0.1) is 10.1 Å². The van der Waals surface area contributed by atoms with Crippen LogP contribution in [0.1, 0.15) is 5.56 Å². The molecule has 1 N–H and O–H groups in total. The summed E-state index contributed by atoms with van der Waals surface area (Å²) in [7, 11) is 0. The Bertz CT molecular complexity index is 699. The number of carbonyl (C=O) groups excluding carboxylic acids is 1. The summed E-state index contributed by atoms with van der Waals surface area (Å²) >= 11 is 3.24. The second kappa shape index (κ2) is 6.76. The number of rotatable bonds is 4. The lowest BCUT2D eigenvalue weighted by Crippen LogP contribution is -2.08. The summed E-state index contributed by atoms with van der Waals surface area (Å²) in [6.45, 7) is 0. The van der Waals surface area contributed by atoms with Crippen LogP contribution in [0.3, 0.4) is 0 Å². The molecule has 2 rings (SSSR count). The summed E-state index contributed by atoms with van der Waals surface area (Å²) in [5, 5.41) is 13.4. The fraction of sp³-hybridized carbons (Fsp3) is 0. The molecular formula is C14H10BrN3O3. The lowest BCUT2D eigenvalue weighted by Gasteiger charge is -2.00. The zero-order chi connectivity index (χ0) is 15.2. The Labute approximate surface area is 128 Å². The van der Waals surface area contributed by atoms with Gasteiger partial charge in [-0.2, -0.15) is 0 Å². The third kappa shape index (κ3) is 4.22. The van der Waals surface area contributed by atoms with E-state index in [0.29, 0.717) is 11.4 Å². The van der Waals surface area contributed by atoms with Gasteiger partial charge in [-0.25, -0.2) is 4.98 Å². The van der Waals surface area contributed by atoms with Crippen LogP contribution >= 0.6 is 15.9 Å². The molecule has 0 spiro atoms. The number of nitrogens with zero attached hydrogens (tertiary/aromatic N) is 2. The maximum Gasteiger partial charge on any atom is 0.276 e. The van der Waals surface area contributed by atoms with Gasteiger partial charge in [-0.15, -0.1) is 0 Å². The smallest absolute Gasteiger partial charge is 0.276 e. The van der Waals surface area contributed by atoms with Crippen LogP contribution in [0.5, 0.6) is 0 Å². The summed E-state index contributed by atoms with van der Waals surface area (Å²) in [5.74, 6) is -0.0154. The molecule has 0 saturated heterocycles. The first-order valence-corrected chi connectivity index (χ1v) is 6.69. The van der Waals surface area contributed by atoms with Crippen LogP contribution in [0.4, 0.5) is 11.5 Å². The molecule has 0 atom stereocenters. The molecule has 1 aromatic heterocycles. The molecule has 0 aliphatic heterocycles. The minimum absolute atomic E-state index is 0.0525. The zero-order valence-corrected chi connectivity index (χ0v) is 12.3. The number of nitro groups is 1. The van der Waals surface area contributed by atoms with Crippen molar-refractivity contribution in [2.24, 2.45) is 0 Å². The lowest BCUT2D eigenvalue weighted by atomic mass is 10.1. The third-order valence-electron chi connectivity index (χ3n) is 2.53. The predicted octanol–water partition coefficient (Wildman–Crippen LogP) is 3.40. The highest BCUT2D eigenvalue weighted by molar-refractivity contribution is 9.10. The number of carbonyl (C=O) groups is 1. The Hall–Kier alpha value is -2.54. The van der Waals surface area contributed by atoms with Crippen molar-refractivity contribution in [3.05, 3.63) is 68.8 Å². The third-order valence-corrected chi connectivity index (χ3v) is 3.00. The van der Waals surface area contributed by atoms with Gasteiger partial charge in [0.05, 0.1) is 10.5 Å². The van der Waals surface area contributed by atoms with Crippen LogP contribution in [0.2, 0.25) is 0 Å². The SMILES string of the molecule is O=C(C=Cc1ccccc1[N+](=O)[O-])Nc1ccc(Br)cn1. The Morgan fingerprint density at radius 2 is 2.05 bits per heavy atom. The van der Waals surface area contributed by atoms with Crippen molar-refractivity contribution in [1.82, 2.24) is 4.98 Å². The molecule has 0 aliphatic carbocycles. The van der Waals surface area contributed by atoms with Crippen molar-refractivity contribution in [3.63, 3.8) is 0 Å². The Morgan fingerprint density at radius 1 is 1.29 bits per heavy atom. The van der Waals surface area contributed by atoms with Gasteiger partial charge >= 0.3 is 0 Å². The van der Waals surface area contributed by atoms with E-state index in [2.05, 4.69) is 26.2 Å². The average Bonchev–Trinajstić information content (AvgIpc) is 2.48. The van der Waals surface area contributed by atoms with E-state index >= 15 is 0 Å². The first-order chi connectivity index (χ1) is 10.1. The molecular weight excluding hydrogens is 338 g/mol. The Morgan fingerprint density at radius 3 is 2.71 bits per heavy atom. The lowest BCUT2D eigenvalue weighted by molar-refractivity contribution is -0.385. The first kappa shape index (κ1) is 14.9. The van der Waals surface area contributed by atoms with E-state index in [1.807, 2.05) is 0 Å². The van der Waals surface area contributed by atoms with Crippen molar-refractivity contribution in [2.75, 3.05) is 5.32 Å². The number of amides is 1. The predicted molar refractivity (Wildman–Crippen MR) is 82.7 cm³/mol. The number of hydrogen-bond donors (Lipinski definition) is 1. The minimum atomic E-state index is -0.492. The number of pyridine rings is 1. The molecule has 2 aromatic rings. The van der Waals surface area contributed by atoms with Gasteiger partial charge in [0.25, 0.3) is 5.69 Å². The van der Waals surface area contributed by atoms with Crippen LogP contribution in [0.25, 0.3) is 6.08 Å². The quantitative estimate of drug-likeness (QED) is 0.521. The minimum Gasteiger partial charge on any atom is -0.307 e. The van der Waals surface area contributed by atoms with Gasteiger partial charge in [-0.3, -0.25) is 14.9 Å². The first-order valence-electron chi connectivity index (χ1n) is 5.90. The van der Waals surface area contributed by atoms with Crippen LogP contribution in [-0.2, 0) is 4.79 Å². The van der Waals surface area contributed by atoms with Crippen molar-refractivity contribution < 1.29 is 9.72 Å². The summed E-state index contributed by atoms with van der Waals surface area (Å²) in [5.41, 5.74) is 0.310. The van der Waals surface area contributed by atoms with E-state index in [0.717, 1.165) is 4.47 Å². The van der Waals surface area contributed by atoms with Gasteiger partial charge in [-0.05, 0) is 40.2 Å². The molecule has 0 radical (unpaired) electrons. The number of nitrogens with one attached hydrogen (secondary N) is 1. The number of halogens is 1. The molecule has 106 valence electrons. The number of aromatic nitrogens is 1. The maximum absolute atomic E-state index is 11.7. The van der Waals surface area contributed by atoms with Crippen molar-refractivity contribution in [3.8, 4) is 0 Å². The second-order valence-electron chi connectivity index (χ2n) is 4.00. The van der Waals surface area contributed by atoms with Crippen LogP contribution in [-0.4, -0.2) is 15.8 Å². The van der Waals surface area contributed by atoms with E-state index in [-0.39, 0.29) is 5.69 Å².